The average molecular weight is 320 g/mol. The lowest BCUT2D eigenvalue weighted by Crippen LogP contribution is -2.46. The molecular weight excluding hydrogens is 292 g/mol. The Morgan fingerprint density at radius 2 is 1.96 bits per heavy atom. The van der Waals surface area contributed by atoms with Crippen molar-refractivity contribution in [1.82, 2.24) is 10.2 Å². The van der Waals surface area contributed by atoms with E-state index in [1.807, 2.05) is 18.2 Å². The van der Waals surface area contributed by atoms with Crippen LogP contribution in [0.4, 0.5) is 0 Å². The zero-order valence-electron chi connectivity index (χ0n) is 14.4. The van der Waals surface area contributed by atoms with Crippen molar-refractivity contribution >= 4 is 5.91 Å². The first-order chi connectivity index (χ1) is 11.1. The zero-order valence-corrected chi connectivity index (χ0v) is 14.4. The van der Waals surface area contributed by atoms with Gasteiger partial charge in [0.2, 0.25) is 0 Å². The molecule has 0 aromatic heterocycles. The normalized spacial score (nSPS) is 17.5. The fourth-order valence-electron chi connectivity index (χ4n) is 2.79. The maximum Gasteiger partial charge on any atom is 0.257 e. The van der Waals surface area contributed by atoms with Gasteiger partial charge in [0.25, 0.3) is 5.91 Å². The number of ether oxygens (including phenoxy) is 2. The Labute approximate surface area is 139 Å². The lowest BCUT2D eigenvalue weighted by molar-refractivity contribution is -0.123. The molecule has 23 heavy (non-hydrogen) atoms. The summed E-state index contributed by atoms with van der Waals surface area (Å²) >= 11 is 0. The van der Waals surface area contributed by atoms with Crippen molar-refractivity contribution in [3.63, 3.8) is 0 Å². The fraction of sp³-hybridized carbons (Fsp3) is 0.611. The van der Waals surface area contributed by atoms with E-state index in [-0.39, 0.29) is 12.5 Å². The van der Waals surface area contributed by atoms with Gasteiger partial charge in [0.15, 0.2) is 18.1 Å². The molecule has 1 atom stereocenters. The number of methoxy groups -OCH3 is 1. The maximum atomic E-state index is 12.0. The van der Waals surface area contributed by atoms with Gasteiger partial charge < -0.3 is 14.8 Å². The summed E-state index contributed by atoms with van der Waals surface area (Å²) < 4.78 is 10.7. The molecule has 1 saturated heterocycles. The molecule has 1 aliphatic rings. The summed E-state index contributed by atoms with van der Waals surface area (Å²) in [7, 11) is 1.59. The van der Waals surface area contributed by atoms with Crippen LogP contribution in [-0.2, 0) is 4.79 Å². The van der Waals surface area contributed by atoms with Crippen molar-refractivity contribution in [1.29, 1.82) is 0 Å². The monoisotopic (exact) mass is 320 g/mol. The lowest BCUT2D eigenvalue weighted by atomic mass is 9.98. The number of rotatable bonds is 7. The number of hydrogen-bond donors (Lipinski definition) is 1. The molecule has 5 heteroatoms. The molecule has 0 spiro atoms. The van der Waals surface area contributed by atoms with Gasteiger partial charge in [-0.05, 0) is 50.9 Å². The number of piperidine rings is 1. The van der Waals surface area contributed by atoms with Crippen LogP contribution < -0.4 is 14.8 Å². The highest BCUT2D eigenvalue weighted by atomic mass is 16.5. The fourth-order valence-corrected chi connectivity index (χ4v) is 2.79. The van der Waals surface area contributed by atoms with Crippen LogP contribution in [0.15, 0.2) is 24.3 Å². The standard InChI is InChI=1S/C18H28N2O3/c1-14-8-10-20(11-9-14)15(2)12-19-18(21)13-23-17-7-5-4-6-16(17)22-3/h4-7,14-15H,8-13H2,1-3H3,(H,19,21). The summed E-state index contributed by atoms with van der Waals surface area (Å²) in [4.78, 5) is 14.4. The average Bonchev–Trinajstić information content (AvgIpc) is 2.58. The molecule has 0 radical (unpaired) electrons. The molecule has 1 aromatic carbocycles. The quantitative estimate of drug-likeness (QED) is 0.837. The number of nitrogens with one attached hydrogen (secondary N) is 1. The van der Waals surface area contributed by atoms with E-state index in [9.17, 15) is 4.79 Å². The van der Waals surface area contributed by atoms with Gasteiger partial charge in [-0.25, -0.2) is 0 Å². The van der Waals surface area contributed by atoms with E-state index in [4.69, 9.17) is 9.47 Å². The highest BCUT2D eigenvalue weighted by Crippen LogP contribution is 2.25. The number of nitrogens with zero attached hydrogens (tertiary/aromatic N) is 1. The predicted octanol–water partition coefficient (Wildman–Crippen LogP) is 2.31. The molecule has 1 amide bonds. The lowest BCUT2D eigenvalue weighted by Gasteiger charge is -2.35. The van der Waals surface area contributed by atoms with Crippen molar-refractivity contribution in [2.24, 2.45) is 5.92 Å². The van der Waals surface area contributed by atoms with E-state index in [0.717, 1.165) is 19.0 Å². The Morgan fingerprint density at radius 1 is 1.30 bits per heavy atom. The number of para-hydroxylation sites is 2. The highest BCUT2D eigenvalue weighted by molar-refractivity contribution is 5.77. The van der Waals surface area contributed by atoms with Crippen molar-refractivity contribution < 1.29 is 14.3 Å². The summed E-state index contributed by atoms with van der Waals surface area (Å²) in [5.41, 5.74) is 0. The second-order valence-electron chi connectivity index (χ2n) is 6.31. The van der Waals surface area contributed by atoms with Gasteiger partial charge in [0, 0.05) is 12.6 Å². The smallest absolute Gasteiger partial charge is 0.257 e. The van der Waals surface area contributed by atoms with Crippen LogP contribution in [0.1, 0.15) is 26.7 Å². The molecule has 1 fully saturated rings. The molecule has 1 unspecified atom stereocenters. The molecule has 1 N–H and O–H groups in total. The number of carbonyl (C=O) groups excluding carboxylic acids is 1. The Hall–Kier alpha value is -1.75. The van der Waals surface area contributed by atoms with Crippen molar-refractivity contribution in [2.75, 3.05) is 33.4 Å². The minimum Gasteiger partial charge on any atom is -0.493 e. The van der Waals surface area contributed by atoms with Crippen LogP contribution in [-0.4, -0.2) is 50.2 Å². The Morgan fingerprint density at radius 3 is 2.61 bits per heavy atom. The van der Waals surface area contributed by atoms with Crippen LogP contribution in [0.5, 0.6) is 11.5 Å². The van der Waals surface area contributed by atoms with Gasteiger partial charge in [-0.3, -0.25) is 9.69 Å². The molecule has 1 aromatic rings. The Balaban J connectivity index is 1.70. The minimum absolute atomic E-state index is 0.00409. The molecule has 1 aliphatic heterocycles. The first kappa shape index (κ1) is 17.6. The van der Waals surface area contributed by atoms with Crippen LogP contribution in [0, 0.1) is 5.92 Å². The summed E-state index contributed by atoms with van der Waals surface area (Å²) in [5.74, 6) is 1.94. The molecule has 0 saturated carbocycles. The predicted molar refractivity (Wildman–Crippen MR) is 90.9 cm³/mol. The Bertz CT molecular complexity index is 499. The van der Waals surface area contributed by atoms with Crippen LogP contribution in [0.25, 0.3) is 0 Å². The zero-order chi connectivity index (χ0) is 16.7. The number of carbonyl (C=O) groups is 1. The van der Waals surface area contributed by atoms with E-state index in [1.165, 1.54) is 12.8 Å². The number of likely N-dealkylation sites (tertiary alicyclic amines) is 1. The van der Waals surface area contributed by atoms with Gasteiger partial charge in [0.05, 0.1) is 7.11 Å². The molecule has 0 aliphatic carbocycles. The van der Waals surface area contributed by atoms with E-state index < -0.39 is 0 Å². The van der Waals surface area contributed by atoms with Gasteiger partial charge in [-0.15, -0.1) is 0 Å². The molecule has 1 heterocycles. The molecule has 0 bridgehead atoms. The van der Waals surface area contributed by atoms with Gasteiger partial charge >= 0.3 is 0 Å². The van der Waals surface area contributed by atoms with Crippen LogP contribution in [0.3, 0.4) is 0 Å². The molecular formula is C18H28N2O3. The summed E-state index contributed by atoms with van der Waals surface area (Å²) in [5, 5.41) is 2.95. The second kappa shape index (κ2) is 8.77. The summed E-state index contributed by atoms with van der Waals surface area (Å²) in [6.45, 7) is 7.37. The SMILES string of the molecule is COc1ccccc1OCC(=O)NCC(C)N1CCC(C)CC1. The van der Waals surface area contributed by atoms with Crippen LogP contribution >= 0.6 is 0 Å². The van der Waals surface area contributed by atoms with Gasteiger partial charge in [0.1, 0.15) is 0 Å². The third-order valence-electron chi connectivity index (χ3n) is 4.46. The van der Waals surface area contributed by atoms with Crippen molar-refractivity contribution in [2.45, 2.75) is 32.7 Å². The van der Waals surface area contributed by atoms with E-state index in [0.29, 0.717) is 24.1 Å². The minimum atomic E-state index is -0.104. The summed E-state index contributed by atoms with van der Waals surface area (Å²) in [6, 6.07) is 7.69. The highest BCUT2D eigenvalue weighted by Gasteiger charge is 2.20. The largest absolute Gasteiger partial charge is 0.493 e. The Kier molecular flexibility index (Phi) is 6.71. The van der Waals surface area contributed by atoms with Crippen LogP contribution in [0.2, 0.25) is 0 Å². The van der Waals surface area contributed by atoms with Gasteiger partial charge in [-0.1, -0.05) is 19.1 Å². The number of amides is 1. The third kappa shape index (κ3) is 5.43. The molecule has 2 rings (SSSR count). The summed E-state index contributed by atoms with van der Waals surface area (Å²) in [6.07, 6.45) is 2.49. The molecule has 5 nitrogen and oxygen atoms in total. The van der Waals surface area contributed by atoms with E-state index in [2.05, 4.69) is 24.1 Å². The van der Waals surface area contributed by atoms with Crippen molar-refractivity contribution in [3.8, 4) is 11.5 Å². The van der Waals surface area contributed by atoms with E-state index >= 15 is 0 Å². The third-order valence-corrected chi connectivity index (χ3v) is 4.46. The number of benzene rings is 1. The topological polar surface area (TPSA) is 50.8 Å². The van der Waals surface area contributed by atoms with E-state index in [1.54, 1.807) is 13.2 Å². The molecule has 128 valence electrons. The first-order valence-electron chi connectivity index (χ1n) is 8.36. The number of hydrogen-bond acceptors (Lipinski definition) is 4. The first-order valence-corrected chi connectivity index (χ1v) is 8.36. The van der Waals surface area contributed by atoms with Gasteiger partial charge in [-0.2, -0.15) is 0 Å². The maximum absolute atomic E-state index is 12.0. The van der Waals surface area contributed by atoms with Crippen molar-refractivity contribution in [3.05, 3.63) is 24.3 Å². The second-order valence-corrected chi connectivity index (χ2v) is 6.31.